The number of halogens is 1. The van der Waals surface area contributed by atoms with Crippen LogP contribution in [-0.4, -0.2) is 89.8 Å². The average molecular weight is 704 g/mol. The van der Waals surface area contributed by atoms with Gasteiger partial charge in [0.2, 0.25) is 0 Å². The molecule has 17 nitrogen and oxygen atoms in total. The lowest BCUT2D eigenvalue weighted by atomic mass is 10.0. The second-order valence-electron chi connectivity index (χ2n) is 10.4. The number of alkyl halides is 1. The predicted octanol–water partition coefficient (Wildman–Crippen LogP) is 2.20. The van der Waals surface area contributed by atoms with E-state index in [1.54, 1.807) is 10.6 Å². The quantitative estimate of drug-likeness (QED) is 0.178. The highest BCUT2D eigenvalue weighted by atomic mass is 32.7. The van der Waals surface area contributed by atoms with Gasteiger partial charge in [0.05, 0.1) is 31.3 Å². The zero-order chi connectivity index (χ0) is 31.7. The molecule has 0 aromatic carbocycles. The number of rotatable bonds is 3. The van der Waals surface area contributed by atoms with Crippen LogP contribution < -0.4 is 5.73 Å². The molecule has 2 unspecified atom stereocenters. The molecular weight excluding hydrogens is 679 g/mol. The molecule has 3 aliphatic rings. The molecule has 7 rings (SSSR count). The molecule has 0 aliphatic carbocycles. The van der Waals surface area contributed by atoms with Gasteiger partial charge >= 0.3 is 13.6 Å². The third-order valence-electron chi connectivity index (χ3n) is 7.54. The van der Waals surface area contributed by atoms with E-state index < -0.39 is 81.7 Å². The fourth-order valence-electron chi connectivity index (χ4n) is 5.45. The van der Waals surface area contributed by atoms with Gasteiger partial charge in [0.1, 0.15) is 60.5 Å². The minimum atomic E-state index is -4.36. The first-order valence-corrected chi connectivity index (χ1v) is 18.6. The Morgan fingerprint density at radius 1 is 1.02 bits per heavy atom. The number of imidazole rings is 2. The van der Waals surface area contributed by atoms with Crippen molar-refractivity contribution < 1.29 is 51.0 Å². The lowest BCUT2D eigenvalue weighted by Crippen LogP contribution is -2.34. The van der Waals surface area contributed by atoms with E-state index >= 15 is 4.39 Å². The standard InChI is InChI=1S/C23H24FN7O10P2S2/c24-15-19-14(39-23(15)31-9-28-16-12-4-26-7-30(12)8-29-22(16)31)6-37-43(35,45)41-20-17(32)13(5-36-42(34,44)40-19)38-18(20)10-1-2-27-11(3-10)21(25)33/h1-4,7-9,13-15,17-20,23,32H,5-6H2,(H2,25,33)(H,34,44)(H,35,45)/t13-,14-,15-,17-,18+,19-,20-,23-,42?,43?/m1/s1. The number of hydrogen-bond acceptors (Lipinski definition) is 14. The SMILES string of the molecule is NC(=O)c1cc([C@@H]2O[C@@H]3COP(=O)(S)O[C@H]4[C@@H](F)[C@H](n5cnc6c5ncn5cncc65)O[C@@H]4COP(=O)(S)O[C@@H]2[C@@H]3O)ccn1. The van der Waals surface area contributed by atoms with Gasteiger partial charge in [-0.25, -0.2) is 28.5 Å². The number of nitrogens with two attached hydrogens (primary N) is 1. The van der Waals surface area contributed by atoms with E-state index in [0.29, 0.717) is 11.0 Å². The molecule has 0 radical (unpaired) electrons. The van der Waals surface area contributed by atoms with Crippen molar-refractivity contribution in [2.75, 3.05) is 13.2 Å². The Morgan fingerprint density at radius 3 is 2.51 bits per heavy atom. The second-order valence-corrected chi connectivity index (χ2v) is 16.1. The summed E-state index contributed by atoms with van der Waals surface area (Å²) in [4.78, 5) is 28.3. The number of amides is 1. The summed E-state index contributed by atoms with van der Waals surface area (Å²) in [6.45, 7) is -9.90. The number of pyridine rings is 1. The van der Waals surface area contributed by atoms with E-state index in [9.17, 15) is 19.0 Å². The Morgan fingerprint density at radius 2 is 1.76 bits per heavy atom. The van der Waals surface area contributed by atoms with E-state index in [1.165, 1.54) is 41.9 Å². The van der Waals surface area contributed by atoms with Crippen LogP contribution in [0.4, 0.5) is 4.39 Å². The molecule has 0 saturated carbocycles. The first kappa shape index (κ1) is 31.1. The summed E-state index contributed by atoms with van der Waals surface area (Å²) in [6.07, 6.45) is -4.46. The zero-order valence-corrected chi connectivity index (χ0v) is 26.2. The van der Waals surface area contributed by atoms with Crippen LogP contribution in [0, 0.1) is 0 Å². The van der Waals surface area contributed by atoms with E-state index in [-0.39, 0.29) is 16.9 Å². The van der Waals surface area contributed by atoms with Gasteiger partial charge in [-0.1, -0.05) is 24.5 Å². The van der Waals surface area contributed by atoms with Gasteiger partial charge in [-0.15, -0.1) is 0 Å². The van der Waals surface area contributed by atoms with E-state index in [4.69, 9.17) is 33.3 Å². The van der Waals surface area contributed by atoms with Crippen molar-refractivity contribution in [3.8, 4) is 0 Å². The number of carbonyl (C=O) groups is 1. The number of aliphatic hydroxyl groups excluding tert-OH is 1. The molecule has 4 aromatic heterocycles. The lowest BCUT2D eigenvalue weighted by Gasteiger charge is -2.26. The van der Waals surface area contributed by atoms with E-state index in [2.05, 4.69) is 44.4 Å². The highest BCUT2D eigenvalue weighted by Crippen LogP contribution is 2.60. The number of ether oxygens (including phenoxy) is 2. The first-order chi connectivity index (χ1) is 21.4. The zero-order valence-electron chi connectivity index (χ0n) is 22.6. The molecule has 2 bridgehead atoms. The number of primary amides is 1. The van der Waals surface area contributed by atoms with Crippen LogP contribution in [0.5, 0.6) is 0 Å². The fraction of sp³-hybridized carbons (Fsp3) is 0.435. The monoisotopic (exact) mass is 703 g/mol. The Bertz CT molecular complexity index is 1880. The van der Waals surface area contributed by atoms with Gasteiger partial charge in [0, 0.05) is 6.20 Å². The van der Waals surface area contributed by atoms with Gasteiger partial charge in [-0.05, 0) is 17.7 Å². The summed E-state index contributed by atoms with van der Waals surface area (Å²) in [7, 11) is 0. The molecule has 4 aromatic rings. The van der Waals surface area contributed by atoms with Crippen molar-refractivity contribution in [1.82, 2.24) is 28.9 Å². The summed E-state index contributed by atoms with van der Waals surface area (Å²) < 4.78 is 79.9. The molecule has 0 spiro atoms. The van der Waals surface area contributed by atoms with Crippen LogP contribution in [0.3, 0.4) is 0 Å². The Labute approximate surface area is 262 Å². The average Bonchev–Trinajstić information content (AvgIpc) is 3.77. The summed E-state index contributed by atoms with van der Waals surface area (Å²) in [5, 5.41) is 11.1. The minimum absolute atomic E-state index is 0.104. The van der Waals surface area contributed by atoms with Crippen LogP contribution in [0.2, 0.25) is 0 Å². The summed E-state index contributed by atoms with van der Waals surface area (Å²) in [5.41, 5.74) is 6.83. The summed E-state index contributed by atoms with van der Waals surface area (Å²) in [5.74, 6) is -0.823. The maximum Gasteiger partial charge on any atom is 0.386 e. The van der Waals surface area contributed by atoms with Crippen molar-refractivity contribution in [3.05, 3.63) is 54.8 Å². The Hall–Kier alpha value is -2.48. The summed E-state index contributed by atoms with van der Waals surface area (Å²) in [6, 6.07) is 2.78. The van der Waals surface area contributed by atoms with Crippen LogP contribution in [0.15, 0.2) is 43.5 Å². The number of hydrogen-bond donors (Lipinski definition) is 4. The number of aliphatic hydroxyl groups is 1. The van der Waals surface area contributed by atoms with E-state index in [1.807, 2.05) is 0 Å². The third-order valence-corrected chi connectivity index (χ3v) is 10.8. The molecule has 45 heavy (non-hydrogen) atoms. The second kappa shape index (κ2) is 11.6. The molecule has 240 valence electrons. The first-order valence-electron chi connectivity index (χ1n) is 13.2. The van der Waals surface area contributed by atoms with Crippen molar-refractivity contribution >= 4 is 60.7 Å². The molecule has 1 amide bonds. The van der Waals surface area contributed by atoms with Gasteiger partial charge in [-0.3, -0.25) is 36.8 Å². The smallest absolute Gasteiger partial charge is 0.386 e. The molecule has 22 heteroatoms. The molecule has 10 atom stereocenters. The molecular formula is C23H24FN7O10P2S2. The number of thiol groups is 2. The largest absolute Gasteiger partial charge is 0.387 e. The highest BCUT2D eigenvalue weighted by Gasteiger charge is 2.53. The molecule has 3 saturated heterocycles. The van der Waals surface area contributed by atoms with Crippen molar-refractivity contribution in [2.24, 2.45) is 5.73 Å². The number of carbonyl (C=O) groups excluding carboxylic acids is 1. The minimum Gasteiger partial charge on any atom is -0.387 e. The third kappa shape index (κ3) is 5.82. The maximum absolute atomic E-state index is 16.1. The maximum atomic E-state index is 16.1. The lowest BCUT2D eigenvalue weighted by molar-refractivity contribution is -0.0455. The Kier molecular flexibility index (Phi) is 8.06. The summed E-state index contributed by atoms with van der Waals surface area (Å²) >= 11 is 8.08. The van der Waals surface area contributed by atoms with E-state index in [0.717, 1.165) is 0 Å². The molecule has 3 N–H and O–H groups in total. The number of fused-ring (bicyclic) bond motifs is 6. The predicted molar refractivity (Wildman–Crippen MR) is 156 cm³/mol. The fourth-order valence-corrected chi connectivity index (χ4v) is 8.40. The van der Waals surface area contributed by atoms with Gasteiger partial charge in [0.25, 0.3) is 5.91 Å². The van der Waals surface area contributed by atoms with Crippen LogP contribution in [0.1, 0.15) is 28.4 Å². The number of aromatic nitrogens is 6. The highest BCUT2D eigenvalue weighted by molar-refractivity contribution is 8.44. The topological polar surface area (TPSA) is 214 Å². The molecule has 3 fully saturated rings. The normalized spacial score (nSPS) is 37.6. The van der Waals surface area contributed by atoms with Crippen molar-refractivity contribution in [1.29, 1.82) is 0 Å². The number of nitrogens with zero attached hydrogens (tertiary/aromatic N) is 6. The van der Waals surface area contributed by atoms with Crippen molar-refractivity contribution in [2.45, 2.75) is 49.0 Å². The van der Waals surface area contributed by atoms with Crippen LogP contribution >= 0.6 is 38.1 Å². The van der Waals surface area contributed by atoms with Gasteiger partial charge in [-0.2, -0.15) is 0 Å². The molecule has 3 aliphatic heterocycles. The van der Waals surface area contributed by atoms with Crippen molar-refractivity contribution in [3.63, 3.8) is 0 Å². The van der Waals surface area contributed by atoms with Gasteiger partial charge in [0.15, 0.2) is 18.0 Å². The van der Waals surface area contributed by atoms with Crippen LogP contribution in [0.25, 0.3) is 16.7 Å². The molecule has 7 heterocycles. The van der Waals surface area contributed by atoms with Gasteiger partial charge < -0.3 is 20.3 Å². The Balaban J connectivity index is 1.19. The van der Waals surface area contributed by atoms with Crippen LogP contribution in [-0.2, 0) is 36.7 Å².